The molecule has 142 valence electrons. The summed E-state index contributed by atoms with van der Waals surface area (Å²) in [5, 5.41) is 11.5. The van der Waals surface area contributed by atoms with Gasteiger partial charge in [0.2, 0.25) is 5.91 Å². The molecule has 0 fully saturated rings. The minimum atomic E-state index is -0.448. The Labute approximate surface area is 161 Å². The first-order chi connectivity index (χ1) is 13.5. The summed E-state index contributed by atoms with van der Waals surface area (Å²) in [4.78, 5) is 27.1. The molecule has 0 spiro atoms. The average molecular weight is 377 g/mol. The zero-order valence-electron chi connectivity index (χ0n) is 15.2. The Morgan fingerprint density at radius 2 is 1.93 bits per heavy atom. The molecule has 0 aliphatic rings. The third-order valence-corrected chi connectivity index (χ3v) is 4.46. The molecule has 0 aliphatic heterocycles. The van der Waals surface area contributed by atoms with Crippen LogP contribution in [0.15, 0.2) is 66.9 Å². The number of methoxy groups -OCH3 is 1. The van der Waals surface area contributed by atoms with Crippen LogP contribution in [-0.2, 0) is 4.79 Å². The zero-order chi connectivity index (χ0) is 20.1. The number of primary amides is 1. The van der Waals surface area contributed by atoms with Gasteiger partial charge in [-0.25, -0.2) is 0 Å². The molecule has 0 aliphatic carbocycles. The molecule has 1 amide bonds. The molecule has 28 heavy (non-hydrogen) atoms. The van der Waals surface area contributed by atoms with Crippen molar-refractivity contribution in [1.29, 1.82) is 0 Å². The standard InChI is InChI=1S/C21H19N3O4/c1-28-16-7-8-17(20(12-16)24(26)27)15-9-10-23-19(11-15)18(13-21(22)25)14-5-3-2-4-6-14/h2-12,18H,13H2,1H3,(H2,22,25). The van der Waals surface area contributed by atoms with Crippen molar-refractivity contribution < 1.29 is 14.5 Å². The second-order valence-electron chi connectivity index (χ2n) is 6.24. The van der Waals surface area contributed by atoms with Crippen molar-refractivity contribution >= 4 is 11.6 Å². The number of nitrogens with zero attached hydrogens (tertiary/aromatic N) is 2. The summed E-state index contributed by atoms with van der Waals surface area (Å²) in [6.45, 7) is 0. The lowest BCUT2D eigenvalue weighted by Gasteiger charge is -2.16. The van der Waals surface area contributed by atoms with E-state index in [1.165, 1.54) is 13.2 Å². The van der Waals surface area contributed by atoms with Crippen molar-refractivity contribution in [3.8, 4) is 16.9 Å². The van der Waals surface area contributed by atoms with E-state index < -0.39 is 10.8 Å². The first kappa shape index (κ1) is 19.0. The van der Waals surface area contributed by atoms with Crippen LogP contribution < -0.4 is 10.5 Å². The van der Waals surface area contributed by atoms with Gasteiger partial charge >= 0.3 is 0 Å². The van der Waals surface area contributed by atoms with Gasteiger partial charge in [-0.1, -0.05) is 30.3 Å². The fourth-order valence-corrected chi connectivity index (χ4v) is 3.12. The second kappa shape index (κ2) is 8.30. The Bertz CT molecular complexity index is 1010. The molecule has 0 bridgehead atoms. The maximum Gasteiger partial charge on any atom is 0.280 e. The Morgan fingerprint density at radius 3 is 2.57 bits per heavy atom. The molecule has 0 saturated heterocycles. The fraction of sp³-hybridized carbons (Fsp3) is 0.143. The SMILES string of the molecule is COc1ccc(-c2ccnc(C(CC(N)=O)c3ccccc3)c2)c([N+](=O)[O-])c1. The molecule has 7 heteroatoms. The highest BCUT2D eigenvalue weighted by Gasteiger charge is 2.21. The molecule has 0 radical (unpaired) electrons. The summed E-state index contributed by atoms with van der Waals surface area (Å²) in [7, 11) is 1.46. The molecule has 1 atom stereocenters. The lowest BCUT2D eigenvalue weighted by Crippen LogP contribution is -2.17. The van der Waals surface area contributed by atoms with Crippen LogP contribution in [0.25, 0.3) is 11.1 Å². The number of rotatable bonds is 7. The number of nitrogens with two attached hydrogens (primary N) is 1. The van der Waals surface area contributed by atoms with E-state index in [1.807, 2.05) is 30.3 Å². The summed E-state index contributed by atoms with van der Waals surface area (Å²) < 4.78 is 5.09. The number of carbonyl (C=O) groups excluding carboxylic acids is 1. The van der Waals surface area contributed by atoms with Gasteiger partial charge in [-0.15, -0.1) is 0 Å². The number of ether oxygens (including phenoxy) is 1. The van der Waals surface area contributed by atoms with Crippen molar-refractivity contribution in [1.82, 2.24) is 4.98 Å². The van der Waals surface area contributed by atoms with Gasteiger partial charge in [0, 0.05) is 24.2 Å². The van der Waals surface area contributed by atoms with Gasteiger partial charge < -0.3 is 10.5 Å². The molecule has 0 saturated carbocycles. The summed E-state index contributed by atoms with van der Waals surface area (Å²) in [6, 6.07) is 17.6. The highest BCUT2D eigenvalue weighted by Crippen LogP contribution is 2.35. The molecule has 1 heterocycles. The lowest BCUT2D eigenvalue weighted by atomic mass is 9.90. The number of hydrogen-bond donors (Lipinski definition) is 1. The van der Waals surface area contributed by atoms with E-state index in [0.29, 0.717) is 22.6 Å². The Morgan fingerprint density at radius 1 is 1.18 bits per heavy atom. The van der Waals surface area contributed by atoms with Crippen LogP contribution in [0.5, 0.6) is 5.75 Å². The Balaban J connectivity index is 2.09. The van der Waals surface area contributed by atoms with Crippen LogP contribution in [0, 0.1) is 10.1 Å². The number of amides is 1. The highest BCUT2D eigenvalue weighted by atomic mass is 16.6. The van der Waals surface area contributed by atoms with Gasteiger partial charge in [0.1, 0.15) is 5.75 Å². The van der Waals surface area contributed by atoms with Crippen LogP contribution in [0.2, 0.25) is 0 Å². The smallest absolute Gasteiger partial charge is 0.280 e. The van der Waals surface area contributed by atoms with E-state index in [2.05, 4.69) is 4.98 Å². The first-order valence-corrected chi connectivity index (χ1v) is 8.61. The van der Waals surface area contributed by atoms with Crippen LogP contribution >= 0.6 is 0 Å². The summed E-state index contributed by atoms with van der Waals surface area (Å²) in [5.74, 6) is -0.381. The van der Waals surface area contributed by atoms with E-state index in [4.69, 9.17) is 10.5 Å². The van der Waals surface area contributed by atoms with Gasteiger partial charge in [-0.05, 0) is 35.4 Å². The topological polar surface area (TPSA) is 108 Å². The third kappa shape index (κ3) is 4.15. The van der Waals surface area contributed by atoms with Crippen LogP contribution in [-0.4, -0.2) is 22.9 Å². The molecule has 2 N–H and O–H groups in total. The number of nitro groups is 1. The first-order valence-electron chi connectivity index (χ1n) is 8.61. The largest absolute Gasteiger partial charge is 0.497 e. The number of benzene rings is 2. The number of carbonyl (C=O) groups is 1. The third-order valence-electron chi connectivity index (χ3n) is 4.46. The Kier molecular flexibility index (Phi) is 5.64. The van der Waals surface area contributed by atoms with Crippen LogP contribution in [0.1, 0.15) is 23.6 Å². The summed E-state index contributed by atoms with van der Waals surface area (Å²) in [5.41, 5.74) is 7.97. The monoisotopic (exact) mass is 377 g/mol. The van der Waals surface area contributed by atoms with E-state index in [9.17, 15) is 14.9 Å². The summed E-state index contributed by atoms with van der Waals surface area (Å²) >= 11 is 0. The van der Waals surface area contributed by atoms with Gasteiger partial charge in [0.15, 0.2) is 0 Å². The molecule has 2 aromatic carbocycles. The Hall–Kier alpha value is -3.74. The molecule has 1 aromatic heterocycles. The molecular weight excluding hydrogens is 358 g/mol. The van der Waals surface area contributed by atoms with E-state index in [1.54, 1.807) is 30.5 Å². The fourth-order valence-electron chi connectivity index (χ4n) is 3.12. The quantitative estimate of drug-likeness (QED) is 0.499. The normalized spacial score (nSPS) is 11.6. The lowest BCUT2D eigenvalue weighted by molar-refractivity contribution is -0.384. The average Bonchev–Trinajstić information content (AvgIpc) is 2.72. The number of pyridine rings is 1. The predicted molar refractivity (Wildman–Crippen MR) is 105 cm³/mol. The van der Waals surface area contributed by atoms with E-state index in [0.717, 1.165) is 5.56 Å². The maximum atomic E-state index is 11.6. The van der Waals surface area contributed by atoms with Crippen molar-refractivity contribution in [2.45, 2.75) is 12.3 Å². The van der Waals surface area contributed by atoms with E-state index >= 15 is 0 Å². The highest BCUT2D eigenvalue weighted by molar-refractivity contribution is 5.77. The summed E-state index contributed by atoms with van der Waals surface area (Å²) in [6.07, 6.45) is 1.67. The van der Waals surface area contributed by atoms with Gasteiger partial charge in [0.05, 0.1) is 23.7 Å². The molecule has 3 aromatic rings. The van der Waals surface area contributed by atoms with Crippen molar-refractivity contribution in [2.75, 3.05) is 7.11 Å². The van der Waals surface area contributed by atoms with Crippen LogP contribution in [0.4, 0.5) is 5.69 Å². The minimum Gasteiger partial charge on any atom is -0.497 e. The number of hydrogen-bond acceptors (Lipinski definition) is 5. The minimum absolute atomic E-state index is 0.0670. The van der Waals surface area contributed by atoms with E-state index in [-0.39, 0.29) is 18.0 Å². The van der Waals surface area contributed by atoms with Gasteiger partial charge in [0.25, 0.3) is 5.69 Å². The van der Waals surface area contributed by atoms with Crippen LogP contribution in [0.3, 0.4) is 0 Å². The molecular formula is C21H19N3O4. The van der Waals surface area contributed by atoms with Crippen molar-refractivity contribution in [2.24, 2.45) is 5.73 Å². The van der Waals surface area contributed by atoms with Crippen molar-refractivity contribution in [3.05, 3.63) is 88.2 Å². The maximum absolute atomic E-state index is 11.6. The number of aromatic nitrogens is 1. The number of nitro benzene ring substituents is 1. The zero-order valence-corrected chi connectivity index (χ0v) is 15.2. The molecule has 1 unspecified atom stereocenters. The van der Waals surface area contributed by atoms with Gasteiger partial charge in [-0.2, -0.15) is 0 Å². The van der Waals surface area contributed by atoms with Crippen molar-refractivity contribution in [3.63, 3.8) is 0 Å². The van der Waals surface area contributed by atoms with Gasteiger partial charge in [-0.3, -0.25) is 19.9 Å². The molecule has 3 rings (SSSR count). The second-order valence-corrected chi connectivity index (χ2v) is 6.24. The molecule has 7 nitrogen and oxygen atoms in total. The predicted octanol–water partition coefficient (Wildman–Crippen LogP) is 3.67.